The Balaban J connectivity index is 2.10. The molecule has 0 bridgehead atoms. The van der Waals surface area contributed by atoms with Crippen molar-refractivity contribution in [2.45, 2.75) is 59.0 Å². The minimum atomic E-state index is 0.168. The van der Waals surface area contributed by atoms with E-state index in [4.69, 9.17) is 0 Å². The molecule has 0 amide bonds. The van der Waals surface area contributed by atoms with Gasteiger partial charge in [0.25, 0.3) is 0 Å². The number of anilines is 1. The van der Waals surface area contributed by atoms with Gasteiger partial charge in [-0.05, 0) is 51.2 Å². The highest BCUT2D eigenvalue weighted by Gasteiger charge is 2.20. The number of hydrogen-bond acceptors (Lipinski definition) is 2. The van der Waals surface area contributed by atoms with Crippen LogP contribution in [-0.2, 0) is 6.54 Å². The fourth-order valence-electron chi connectivity index (χ4n) is 2.95. The second kappa shape index (κ2) is 6.62. The van der Waals surface area contributed by atoms with E-state index < -0.39 is 0 Å². The molecule has 1 fully saturated rings. The van der Waals surface area contributed by atoms with E-state index in [0.29, 0.717) is 0 Å². The Hall–Kier alpha value is -1.02. The molecule has 1 aromatic rings. The summed E-state index contributed by atoms with van der Waals surface area (Å²) in [5.41, 5.74) is 3.03. The van der Waals surface area contributed by atoms with Crippen molar-refractivity contribution in [2.75, 3.05) is 18.0 Å². The van der Waals surface area contributed by atoms with Gasteiger partial charge < -0.3 is 10.2 Å². The zero-order valence-electron chi connectivity index (χ0n) is 13.6. The maximum Gasteiger partial charge on any atom is 0.0411 e. The Bertz CT molecular complexity index is 420. The monoisotopic (exact) mass is 274 g/mol. The van der Waals surface area contributed by atoms with Gasteiger partial charge in [0, 0.05) is 30.9 Å². The van der Waals surface area contributed by atoms with Gasteiger partial charge in [0.15, 0.2) is 0 Å². The van der Waals surface area contributed by atoms with Crippen LogP contribution in [0.1, 0.15) is 52.5 Å². The zero-order chi connectivity index (χ0) is 14.6. The molecule has 1 heterocycles. The highest BCUT2D eigenvalue weighted by atomic mass is 15.1. The van der Waals surface area contributed by atoms with Gasteiger partial charge in [0.2, 0.25) is 0 Å². The van der Waals surface area contributed by atoms with E-state index in [1.165, 1.54) is 43.6 Å². The van der Waals surface area contributed by atoms with Crippen molar-refractivity contribution in [1.82, 2.24) is 5.32 Å². The molecule has 1 saturated heterocycles. The molecule has 1 aliphatic rings. The summed E-state index contributed by atoms with van der Waals surface area (Å²) in [6.07, 6.45) is 4.04. The van der Waals surface area contributed by atoms with E-state index in [2.05, 4.69) is 62.2 Å². The third-order valence-corrected chi connectivity index (χ3v) is 4.24. The molecule has 0 aliphatic carbocycles. The average molecular weight is 274 g/mol. The quantitative estimate of drug-likeness (QED) is 0.885. The van der Waals surface area contributed by atoms with Crippen molar-refractivity contribution >= 4 is 5.69 Å². The van der Waals surface area contributed by atoms with Crippen molar-refractivity contribution in [3.63, 3.8) is 0 Å². The Labute approximate surface area is 124 Å². The second-order valence-electron chi connectivity index (χ2n) is 7.09. The van der Waals surface area contributed by atoms with Crippen molar-refractivity contribution in [1.29, 1.82) is 0 Å². The lowest BCUT2D eigenvalue weighted by Crippen LogP contribution is -2.38. The second-order valence-corrected chi connectivity index (χ2v) is 7.09. The van der Waals surface area contributed by atoms with Gasteiger partial charge in [-0.1, -0.05) is 31.5 Å². The van der Waals surface area contributed by atoms with Crippen LogP contribution in [0.4, 0.5) is 5.69 Å². The smallest absolute Gasteiger partial charge is 0.0411 e. The summed E-state index contributed by atoms with van der Waals surface area (Å²) in [7, 11) is 0. The first-order chi connectivity index (χ1) is 9.49. The van der Waals surface area contributed by atoms with Crippen LogP contribution in [0.25, 0.3) is 0 Å². The Morgan fingerprint density at radius 3 is 2.70 bits per heavy atom. The molecular weight excluding hydrogens is 244 g/mol. The third-order valence-electron chi connectivity index (χ3n) is 4.24. The standard InChI is InChI=1S/C18H30N2/c1-5-15-9-8-12-20(14-15)17-11-7-6-10-16(17)13-19-18(2,3)4/h6-7,10-11,15,19H,5,8-9,12-14H2,1-4H3. The van der Waals surface area contributed by atoms with E-state index in [0.717, 1.165) is 12.5 Å². The van der Waals surface area contributed by atoms with Crippen LogP contribution in [0, 0.1) is 5.92 Å². The molecule has 2 nitrogen and oxygen atoms in total. The van der Waals surface area contributed by atoms with Gasteiger partial charge in [-0.15, -0.1) is 0 Å². The summed E-state index contributed by atoms with van der Waals surface area (Å²) < 4.78 is 0. The molecule has 1 aromatic carbocycles. The predicted molar refractivity (Wildman–Crippen MR) is 88.3 cm³/mol. The summed E-state index contributed by atoms with van der Waals surface area (Å²) in [5, 5.41) is 3.62. The average Bonchev–Trinajstić information content (AvgIpc) is 2.45. The first kappa shape index (κ1) is 15.4. The molecule has 1 aliphatic heterocycles. The fourth-order valence-corrected chi connectivity index (χ4v) is 2.95. The lowest BCUT2D eigenvalue weighted by Gasteiger charge is -2.35. The predicted octanol–water partition coefficient (Wildman–Crippen LogP) is 4.20. The van der Waals surface area contributed by atoms with Crippen LogP contribution in [-0.4, -0.2) is 18.6 Å². The van der Waals surface area contributed by atoms with Gasteiger partial charge in [-0.25, -0.2) is 0 Å². The molecule has 1 N–H and O–H groups in total. The lowest BCUT2D eigenvalue weighted by atomic mass is 9.94. The minimum absolute atomic E-state index is 0.168. The number of nitrogens with zero attached hydrogens (tertiary/aromatic N) is 1. The number of para-hydroxylation sites is 1. The maximum atomic E-state index is 3.62. The van der Waals surface area contributed by atoms with E-state index >= 15 is 0 Å². The molecule has 112 valence electrons. The van der Waals surface area contributed by atoms with Gasteiger partial charge in [-0.2, -0.15) is 0 Å². The van der Waals surface area contributed by atoms with Crippen LogP contribution in [0.15, 0.2) is 24.3 Å². The molecule has 0 spiro atoms. The van der Waals surface area contributed by atoms with Gasteiger partial charge in [0.05, 0.1) is 0 Å². The van der Waals surface area contributed by atoms with Crippen LogP contribution < -0.4 is 10.2 Å². The number of nitrogens with one attached hydrogen (secondary N) is 1. The maximum absolute atomic E-state index is 3.62. The van der Waals surface area contributed by atoms with Crippen molar-refractivity contribution in [3.8, 4) is 0 Å². The van der Waals surface area contributed by atoms with E-state index in [9.17, 15) is 0 Å². The Morgan fingerprint density at radius 2 is 2.00 bits per heavy atom. The van der Waals surface area contributed by atoms with E-state index in [-0.39, 0.29) is 5.54 Å². The summed E-state index contributed by atoms with van der Waals surface area (Å²) in [6, 6.07) is 8.89. The fraction of sp³-hybridized carbons (Fsp3) is 0.667. The molecule has 1 unspecified atom stereocenters. The molecule has 20 heavy (non-hydrogen) atoms. The molecule has 0 radical (unpaired) electrons. The Kier molecular flexibility index (Phi) is 5.09. The topological polar surface area (TPSA) is 15.3 Å². The molecule has 0 aromatic heterocycles. The SMILES string of the molecule is CCC1CCCN(c2ccccc2CNC(C)(C)C)C1. The lowest BCUT2D eigenvalue weighted by molar-refractivity contribution is 0.401. The van der Waals surface area contributed by atoms with Gasteiger partial charge in [-0.3, -0.25) is 0 Å². The third kappa shape index (κ3) is 4.24. The molecular formula is C18H30N2. The molecule has 2 rings (SSSR count). The van der Waals surface area contributed by atoms with Crippen molar-refractivity contribution < 1.29 is 0 Å². The van der Waals surface area contributed by atoms with E-state index in [1.54, 1.807) is 0 Å². The molecule has 1 atom stereocenters. The van der Waals surface area contributed by atoms with Crippen LogP contribution in [0.2, 0.25) is 0 Å². The molecule has 2 heteroatoms. The van der Waals surface area contributed by atoms with Crippen LogP contribution in [0.3, 0.4) is 0 Å². The van der Waals surface area contributed by atoms with Gasteiger partial charge in [0.1, 0.15) is 0 Å². The summed E-state index contributed by atoms with van der Waals surface area (Å²) in [6.45, 7) is 12.4. The van der Waals surface area contributed by atoms with Gasteiger partial charge >= 0.3 is 0 Å². The molecule has 0 saturated carbocycles. The number of piperidine rings is 1. The zero-order valence-corrected chi connectivity index (χ0v) is 13.6. The summed E-state index contributed by atoms with van der Waals surface area (Å²) in [4.78, 5) is 2.59. The number of rotatable bonds is 4. The highest BCUT2D eigenvalue weighted by molar-refractivity contribution is 5.54. The first-order valence-corrected chi connectivity index (χ1v) is 8.07. The van der Waals surface area contributed by atoms with Crippen molar-refractivity contribution in [3.05, 3.63) is 29.8 Å². The first-order valence-electron chi connectivity index (χ1n) is 8.07. The minimum Gasteiger partial charge on any atom is -0.371 e. The number of hydrogen-bond donors (Lipinski definition) is 1. The normalized spacial score (nSPS) is 20.2. The highest BCUT2D eigenvalue weighted by Crippen LogP contribution is 2.27. The van der Waals surface area contributed by atoms with E-state index in [1.807, 2.05) is 0 Å². The number of benzene rings is 1. The largest absolute Gasteiger partial charge is 0.371 e. The van der Waals surface area contributed by atoms with Crippen LogP contribution >= 0.6 is 0 Å². The summed E-state index contributed by atoms with van der Waals surface area (Å²) in [5.74, 6) is 0.868. The Morgan fingerprint density at radius 1 is 1.25 bits per heavy atom. The van der Waals surface area contributed by atoms with Crippen LogP contribution in [0.5, 0.6) is 0 Å². The van der Waals surface area contributed by atoms with Crippen molar-refractivity contribution in [2.24, 2.45) is 5.92 Å². The summed E-state index contributed by atoms with van der Waals surface area (Å²) >= 11 is 0.